The minimum absolute atomic E-state index is 0.0412. The van der Waals surface area contributed by atoms with Crippen molar-refractivity contribution in [3.05, 3.63) is 23.8 Å². The predicted octanol–water partition coefficient (Wildman–Crippen LogP) is 3.52. The van der Waals surface area contributed by atoms with Gasteiger partial charge in [0, 0.05) is 6.42 Å². The molecule has 0 saturated heterocycles. The van der Waals surface area contributed by atoms with Gasteiger partial charge in [0.1, 0.15) is 5.75 Å². The molecule has 1 N–H and O–H groups in total. The lowest BCUT2D eigenvalue weighted by Crippen LogP contribution is -2.12. The molecular weight excluding hydrogens is 214 g/mol. The highest BCUT2D eigenvalue weighted by atomic mass is 16.5. The Bertz CT molecular complexity index is 374. The lowest BCUT2D eigenvalue weighted by atomic mass is 10.2. The molecule has 0 spiro atoms. The Labute approximate surface area is 103 Å². The quantitative estimate of drug-likeness (QED) is 0.819. The molecule has 0 saturated carbocycles. The number of rotatable bonds is 6. The summed E-state index contributed by atoms with van der Waals surface area (Å²) in [4.78, 5) is 11.6. The molecular formula is C14H21NO2. The van der Waals surface area contributed by atoms with E-state index in [1.165, 1.54) is 0 Å². The topological polar surface area (TPSA) is 38.3 Å². The molecule has 0 atom stereocenters. The van der Waals surface area contributed by atoms with Gasteiger partial charge in [-0.3, -0.25) is 4.79 Å². The standard InChI is InChI=1S/C14H21NO2/c1-4-7-13(16)15-12-9-6-8-11(3)14(12)17-10-5-2/h6,8-9H,4-5,7,10H2,1-3H3,(H,15,16). The third-order valence-corrected chi connectivity index (χ3v) is 2.41. The first-order valence-corrected chi connectivity index (χ1v) is 6.21. The molecule has 0 radical (unpaired) electrons. The summed E-state index contributed by atoms with van der Waals surface area (Å²) in [6.07, 6.45) is 2.35. The van der Waals surface area contributed by atoms with Crippen LogP contribution in [-0.2, 0) is 4.79 Å². The van der Waals surface area contributed by atoms with Gasteiger partial charge in [0.25, 0.3) is 0 Å². The Morgan fingerprint density at radius 1 is 1.29 bits per heavy atom. The molecule has 0 heterocycles. The maximum atomic E-state index is 11.6. The smallest absolute Gasteiger partial charge is 0.224 e. The third-order valence-electron chi connectivity index (χ3n) is 2.41. The fraction of sp³-hybridized carbons (Fsp3) is 0.500. The minimum Gasteiger partial charge on any atom is -0.491 e. The minimum atomic E-state index is 0.0412. The number of carbonyl (C=O) groups excluding carboxylic acids is 1. The Morgan fingerprint density at radius 2 is 2.06 bits per heavy atom. The van der Waals surface area contributed by atoms with Gasteiger partial charge in [0.05, 0.1) is 12.3 Å². The first-order chi connectivity index (χ1) is 8.19. The van der Waals surface area contributed by atoms with Gasteiger partial charge in [-0.1, -0.05) is 26.0 Å². The number of hydrogen-bond donors (Lipinski definition) is 1. The maximum Gasteiger partial charge on any atom is 0.224 e. The predicted molar refractivity (Wildman–Crippen MR) is 70.5 cm³/mol. The average Bonchev–Trinajstić information content (AvgIpc) is 2.28. The summed E-state index contributed by atoms with van der Waals surface area (Å²) < 4.78 is 5.68. The lowest BCUT2D eigenvalue weighted by molar-refractivity contribution is -0.116. The van der Waals surface area contributed by atoms with E-state index in [-0.39, 0.29) is 5.91 Å². The van der Waals surface area contributed by atoms with Crippen molar-refractivity contribution in [2.45, 2.75) is 40.0 Å². The van der Waals surface area contributed by atoms with Crippen LogP contribution in [0.3, 0.4) is 0 Å². The van der Waals surface area contributed by atoms with Gasteiger partial charge < -0.3 is 10.1 Å². The normalized spacial score (nSPS) is 10.1. The number of amides is 1. The van der Waals surface area contributed by atoms with Gasteiger partial charge in [-0.15, -0.1) is 0 Å². The highest BCUT2D eigenvalue weighted by Gasteiger charge is 2.09. The molecule has 17 heavy (non-hydrogen) atoms. The Kier molecular flexibility index (Phi) is 5.53. The Balaban J connectivity index is 2.82. The largest absolute Gasteiger partial charge is 0.491 e. The summed E-state index contributed by atoms with van der Waals surface area (Å²) in [6, 6.07) is 5.79. The Hall–Kier alpha value is -1.51. The lowest BCUT2D eigenvalue weighted by Gasteiger charge is -2.14. The van der Waals surface area contributed by atoms with Crippen LogP contribution in [0.2, 0.25) is 0 Å². The number of aryl methyl sites for hydroxylation is 1. The van der Waals surface area contributed by atoms with Crippen LogP contribution in [0.5, 0.6) is 5.75 Å². The highest BCUT2D eigenvalue weighted by molar-refractivity contribution is 5.92. The van der Waals surface area contributed by atoms with E-state index in [0.717, 1.165) is 29.8 Å². The van der Waals surface area contributed by atoms with Crippen molar-refractivity contribution in [3.8, 4) is 5.75 Å². The van der Waals surface area contributed by atoms with Crippen LogP contribution in [-0.4, -0.2) is 12.5 Å². The second-order valence-electron chi connectivity index (χ2n) is 4.10. The van der Waals surface area contributed by atoms with Crippen molar-refractivity contribution in [3.63, 3.8) is 0 Å². The zero-order valence-corrected chi connectivity index (χ0v) is 10.9. The molecule has 0 aromatic heterocycles. The van der Waals surface area contributed by atoms with Crippen LogP contribution >= 0.6 is 0 Å². The summed E-state index contributed by atoms with van der Waals surface area (Å²) in [5, 5.41) is 2.90. The molecule has 94 valence electrons. The second-order valence-corrected chi connectivity index (χ2v) is 4.10. The second kappa shape index (κ2) is 6.94. The van der Waals surface area contributed by atoms with Crippen LogP contribution in [0, 0.1) is 6.92 Å². The summed E-state index contributed by atoms with van der Waals surface area (Å²) in [7, 11) is 0. The molecule has 1 aromatic rings. The molecule has 1 amide bonds. The van der Waals surface area contributed by atoms with E-state index in [2.05, 4.69) is 12.2 Å². The number of carbonyl (C=O) groups is 1. The SMILES string of the molecule is CCCOc1c(C)cccc1NC(=O)CCC. The van der Waals surface area contributed by atoms with Crippen molar-refractivity contribution in [1.82, 2.24) is 0 Å². The number of anilines is 1. The maximum absolute atomic E-state index is 11.6. The zero-order valence-electron chi connectivity index (χ0n) is 10.9. The number of benzene rings is 1. The third kappa shape index (κ3) is 4.10. The number of ether oxygens (including phenoxy) is 1. The molecule has 0 unspecified atom stereocenters. The van der Waals surface area contributed by atoms with Crippen LogP contribution < -0.4 is 10.1 Å². The summed E-state index contributed by atoms with van der Waals surface area (Å²) in [5.41, 5.74) is 1.82. The van der Waals surface area contributed by atoms with Crippen LogP contribution in [0.4, 0.5) is 5.69 Å². The molecule has 0 bridgehead atoms. The van der Waals surface area contributed by atoms with Crippen molar-refractivity contribution in [2.24, 2.45) is 0 Å². The van der Waals surface area contributed by atoms with E-state index in [4.69, 9.17) is 4.74 Å². The molecule has 0 aliphatic heterocycles. The number of para-hydroxylation sites is 1. The molecule has 3 heteroatoms. The first kappa shape index (κ1) is 13.6. The Morgan fingerprint density at radius 3 is 2.71 bits per heavy atom. The molecule has 1 rings (SSSR count). The van der Waals surface area contributed by atoms with Crippen molar-refractivity contribution < 1.29 is 9.53 Å². The molecule has 3 nitrogen and oxygen atoms in total. The van der Waals surface area contributed by atoms with Gasteiger partial charge >= 0.3 is 0 Å². The van der Waals surface area contributed by atoms with E-state index in [1.54, 1.807) is 0 Å². The number of nitrogens with one attached hydrogen (secondary N) is 1. The van der Waals surface area contributed by atoms with Crippen molar-refractivity contribution >= 4 is 11.6 Å². The summed E-state index contributed by atoms with van der Waals surface area (Å²) in [5.74, 6) is 0.832. The zero-order chi connectivity index (χ0) is 12.7. The van der Waals surface area contributed by atoms with E-state index in [0.29, 0.717) is 13.0 Å². The fourth-order valence-corrected chi connectivity index (χ4v) is 1.59. The summed E-state index contributed by atoms with van der Waals surface area (Å²) >= 11 is 0. The van der Waals surface area contributed by atoms with Crippen LogP contribution in [0.1, 0.15) is 38.7 Å². The number of hydrogen-bond acceptors (Lipinski definition) is 2. The molecule has 0 aliphatic carbocycles. The van der Waals surface area contributed by atoms with E-state index in [1.807, 2.05) is 32.0 Å². The van der Waals surface area contributed by atoms with Gasteiger partial charge in [-0.25, -0.2) is 0 Å². The van der Waals surface area contributed by atoms with Gasteiger partial charge in [-0.2, -0.15) is 0 Å². The fourth-order valence-electron chi connectivity index (χ4n) is 1.59. The molecule has 0 aliphatic rings. The van der Waals surface area contributed by atoms with Crippen LogP contribution in [0.25, 0.3) is 0 Å². The average molecular weight is 235 g/mol. The first-order valence-electron chi connectivity index (χ1n) is 6.21. The van der Waals surface area contributed by atoms with Gasteiger partial charge in [-0.05, 0) is 31.4 Å². The van der Waals surface area contributed by atoms with E-state index in [9.17, 15) is 4.79 Å². The van der Waals surface area contributed by atoms with Crippen molar-refractivity contribution in [1.29, 1.82) is 0 Å². The summed E-state index contributed by atoms with van der Waals surface area (Å²) in [6.45, 7) is 6.71. The van der Waals surface area contributed by atoms with Crippen LogP contribution in [0.15, 0.2) is 18.2 Å². The van der Waals surface area contributed by atoms with Gasteiger partial charge in [0.2, 0.25) is 5.91 Å². The van der Waals surface area contributed by atoms with Crippen molar-refractivity contribution in [2.75, 3.05) is 11.9 Å². The van der Waals surface area contributed by atoms with Gasteiger partial charge in [0.15, 0.2) is 0 Å². The molecule has 1 aromatic carbocycles. The van der Waals surface area contributed by atoms with E-state index >= 15 is 0 Å². The monoisotopic (exact) mass is 235 g/mol. The van der Waals surface area contributed by atoms with E-state index < -0.39 is 0 Å². The highest BCUT2D eigenvalue weighted by Crippen LogP contribution is 2.28. The molecule has 0 fully saturated rings.